The van der Waals surface area contributed by atoms with E-state index in [1.165, 1.54) is 12.0 Å². The van der Waals surface area contributed by atoms with Crippen LogP contribution in [0.15, 0.2) is 42.5 Å². The third kappa shape index (κ3) is 3.37. The lowest BCUT2D eigenvalue weighted by molar-refractivity contribution is -0.154. The van der Waals surface area contributed by atoms with Gasteiger partial charge in [-0.1, -0.05) is 47.5 Å². The molecule has 150 valence electrons. The van der Waals surface area contributed by atoms with Crippen LogP contribution in [0.1, 0.15) is 22.9 Å². The van der Waals surface area contributed by atoms with Gasteiger partial charge in [0.25, 0.3) is 0 Å². The Balaban J connectivity index is 1.99. The van der Waals surface area contributed by atoms with Crippen molar-refractivity contribution in [2.24, 2.45) is 0 Å². The molecular weight excluding hydrogens is 435 g/mol. The van der Waals surface area contributed by atoms with E-state index in [9.17, 15) is 9.59 Å². The van der Waals surface area contributed by atoms with Crippen LogP contribution in [0.4, 0.5) is 0 Å². The van der Waals surface area contributed by atoms with E-state index in [4.69, 9.17) is 39.5 Å². The molecule has 2 aromatic carbocycles. The standard InChI is InChI=1S/C21H17Cl3N2O3/c1-29-21(28)17-9-13-12-4-2-3-5-16(12)25-19(13)20(26(17)18(27)10-22)11-6-7-14(23)15(24)8-11/h2-8,17,20,25H,9-10H2,1H3/t17-,20-/m1/s1. The first-order valence-electron chi connectivity index (χ1n) is 8.95. The molecule has 0 radical (unpaired) electrons. The smallest absolute Gasteiger partial charge is 0.328 e. The SMILES string of the molecule is COC(=O)[C@H]1Cc2c([nH]c3ccccc23)[C@@H](c2ccc(Cl)c(Cl)c2)N1C(=O)CCl. The second kappa shape index (κ2) is 7.90. The fourth-order valence-electron chi connectivity index (χ4n) is 4.01. The van der Waals surface area contributed by atoms with E-state index in [0.29, 0.717) is 16.5 Å². The predicted molar refractivity (Wildman–Crippen MR) is 114 cm³/mol. The third-order valence-corrected chi connectivity index (χ3v) is 6.23. The van der Waals surface area contributed by atoms with Crippen molar-refractivity contribution >= 4 is 57.6 Å². The third-order valence-electron chi connectivity index (χ3n) is 5.27. The Morgan fingerprint density at radius 3 is 2.62 bits per heavy atom. The van der Waals surface area contributed by atoms with E-state index >= 15 is 0 Å². The summed E-state index contributed by atoms with van der Waals surface area (Å²) in [6.07, 6.45) is 0.326. The topological polar surface area (TPSA) is 62.4 Å². The number of benzene rings is 2. The largest absolute Gasteiger partial charge is 0.467 e. The number of fused-ring (bicyclic) bond motifs is 3. The molecule has 3 aromatic rings. The number of aromatic amines is 1. The van der Waals surface area contributed by atoms with Crippen LogP contribution in [0, 0.1) is 0 Å². The lowest BCUT2D eigenvalue weighted by Crippen LogP contribution is -2.52. The number of H-pyrrole nitrogens is 1. The molecule has 0 aliphatic carbocycles. The van der Waals surface area contributed by atoms with Crippen molar-refractivity contribution in [1.82, 2.24) is 9.88 Å². The van der Waals surface area contributed by atoms with E-state index in [2.05, 4.69) is 4.98 Å². The Morgan fingerprint density at radius 1 is 1.17 bits per heavy atom. The summed E-state index contributed by atoms with van der Waals surface area (Å²) in [4.78, 5) is 30.4. The maximum atomic E-state index is 12.9. The molecule has 0 fully saturated rings. The Morgan fingerprint density at radius 2 is 1.93 bits per heavy atom. The Hall–Kier alpha value is -2.21. The lowest BCUT2D eigenvalue weighted by atomic mass is 9.88. The Kier molecular flexibility index (Phi) is 5.47. The molecule has 1 N–H and O–H groups in total. The van der Waals surface area contributed by atoms with Crippen LogP contribution in [-0.4, -0.2) is 40.8 Å². The minimum atomic E-state index is -0.808. The number of methoxy groups -OCH3 is 1. The maximum Gasteiger partial charge on any atom is 0.328 e. The van der Waals surface area contributed by atoms with Crippen LogP contribution >= 0.6 is 34.8 Å². The van der Waals surface area contributed by atoms with Gasteiger partial charge in [-0.3, -0.25) is 4.79 Å². The molecule has 8 heteroatoms. The number of carbonyl (C=O) groups excluding carboxylic acids is 2. The second-order valence-electron chi connectivity index (χ2n) is 6.82. The van der Waals surface area contributed by atoms with Crippen LogP contribution in [-0.2, 0) is 20.7 Å². The predicted octanol–water partition coefficient (Wildman–Crippen LogP) is 4.73. The van der Waals surface area contributed by atoms with Crippen molar-refractivity contribution in [1.29, 1.82) is 0 Å². The number of amides is 1. The maximum absolute atomic E-state index is 12.9. The summed E-state index contributed by atoms with van der Waals surface area (Å²) in [6.45, 7) is 0. The zero-order valence-electron chi connectivity index (χ0n) is 15.4. The normalized spacial score (nSPS) is 18.6. The number of nitrogens with zero attached hydrogens (tertiary/aromatic N) is 1. The van der Waals surface area contributed by atoms with Gasteiger partial charge < -0.3 is 14.6 Å². The highest BCUT2D eigenvalue weighted by atomic mass is 35.5. The zero-order chi connectivity index (χ0) is 20.7. The number of alkyl halides is 1. The monoisotopic (exact) mass is 450 g/mol. The first-order valence-corrected chi connectivity index (χ1v) is 10.2. The quantitative estimate of drug-likeness (QED) is 0.462. The van der Waals surface area contributed by atoms with Crippen molar-refractivity contribution in [3.63, 3.8) is 0 Å². The summed E-state index contributed by atoms with van der Waals surface area (Å²) in [5, 5.41) is 1.77. The van der Waals surface area contributed by atoms with E-state index < -0.39 is 18.1 Å². The molecule has 5 nitrogen and oxygen atoms in total. The van der Waals surface area contributed by atoms with Crippen LogP contribution in [0.25, 0.3) is 10.9 Å². The van der Waals surface area contributed by atoms with Gasteiger partial charge in [-0.05, 0) is 29.3 Å². The molecule has 2 atom stereocenters. The molecule has 2 heterocycles. The lowest BCUT2D eigenvalue weighted by Gasteiger charge is -2.40. The molecule has 1 aromatic heterocycles. The highest BCUT2D eigenvalue weighted by Crippen LogP contribution is 2.42. The molecule has 0 saturated carbocycles. The number of carbonyl (C=O) groups is 2. The summed E-state index contributed by atoms with van der Waals surface area (Å²) in [5.41, 5.74) is 3.43. The molecule has 29 heavy (non-hydrogen) atoms. The van der Waals surface area contributed by atoms with Gasteiger partial charge in [0.1, 0.15) is 11.9 Å². The second-order valence-corrected chi connectivity index (χ2v) is 7.90. The van der Waals surface area contributed by atoms with Gasteiger partial charge in [-0.25, -0.2) is 4.79 Å². The van der Waals surface area contributed by atoms with Crippen molar-refractivity contribution in [2.75, 3.05) is 13.0 Å². The summed E-state index contributed by atoms with van der Waals surface area (Å²) in [5.74, 6) is -1.13. The van der Waals surface area contributed by atoms with Gasteiger partial charge in [0.15, 0.2) is 0 Å². The summed E-state index contributed by atoms with van der Waals surface area (Å²) in [6, 6.07) is 11.6. The first kappa shape index (κ1) is 20.1. The van der Waals surface area contributed by atoms with Gasteiger partial charge in [0, 0.05) is 23.0 Å². The number of hydrogen-bond acceptors (Lipinski definition) is 3. The Labute approximate surface area is 182 Å². The molecule has 0 unspecified atom stereocenters. The van der Waals surface area contributed by atoms with Crippen molar-refractivity contribution < 1.29 is 14.3 Å². The van der Waals surface area contributed by atoms with Crippen LogP contribution in [0.5, 0.6) is 0 Å². The number of ether oxygens (including phenoxy) is 1. The van der Waals surface area contributed by atoms with Crippen LogP contribution < -0.4 is 0 Å². The van der Waals surface area contributed by atoms with Crippen molar-refractivity contribution in [2.45, 2.75) is 18.5 Å². The van der Waals surface area contributed by atoms with E-state index in [1.54, 1.807) is 18.2 Å². The van der Waals surface area contributed by atoms with Gasteiger partial charge in [0.05, 0.1) is 23.2 Å². The number of esters is 1. The fourth-order valence-corrected chi connectivity index (χ4v) is 4.46. The Bertz CT molecular complexity index is 1110. The van der Waals surface area contributed by atoms with Crippen molar-refractivity contribution in [3.8, 4) is 0 Å². The number of halogens is 3. The molecule has 1 amide bonds. The number of aromatic nitrogens is 1. The van der Waals surface area contributed by atoms with Crippen molar-refractivity contribution in [3.05, 3.63) is 69.3 Å². The van der Waals surface area contributed by atoms with Crippen LogP contribution in [0.3, 0.4) is 0 Å². The highest BCUT2D eigenvalue weighted by Gasteiger charge is 2.43. The molecule has 1 aliphatic heterocycles. The molecular formula is C21H17Cl3N2O3. The molecule has 1 aliphatic rings. The van der Waals surface area contributed by atoms with Gasteiger partial charge in [-0.2, -0.15) is 0 Å². The molecule has 0 saturated heterocycles. The number of para-hydroxylation sites is 1. The highest BCUT2D eigenvalue weighted by molar-refractivity contribution is 6.42. The van der Waals surface area contributed by atoms with E-state index in [-0.39, 0.29) is 11.8 Å². The number of nitrogens with one attached hydrogen (secondary N) is 1. The average Bonchev–Trinajstić information content (AvgIpc) is 3.11. The van der Waals surface area contributed by atoms with E-state index in [1.807, 2.05) is 24.3 Å². The summed E-state index contributed by atoms with van der Waals surface area (Å²) in [7, 11) is 1.31. The fraction of sp³-hybridized carbons (Fsp3) is 0.238. The van der Waals surface area contributed by atoms with E-state index in [0.717, 1.165) is 27.7 Å². The molecule has 0 spiro atoms. The van der Waals surface area contributed by atoms with Gasteiger partial charge >= 0.3 is 5.97 Å². The minimum Gasteiger partial charge on any atom is -0.467 e. The summed E-state index contributed by atoms with van der Waals surface area (Å²) < 4.78 is 5.01. The average molecular weight is 452 g/mol. The zero-order valence-corrected chi connectivity index (χ0v) is 17.7. The summed E-state index contributed by atoms with van der Waals surface area (Å²) >= 11 is 18.3. The minimum absolute atomic E-state index is 0.263. The van der Waals surface area contributed by atoms with Gasteiger partial charge in [-0.15, -0.1) is 11.6 Å². The molecule has 0 bridgehead atoms. The van der Waals surface area contributed by atoms with Crippen LogP contribution in [0.2, 0.25) is 10.0 Å². The van der Waals surface area contributed by atoms with Gasteiger partial charge in [0.2, 0.25) is 5.91 Å². The number of hydrogen-bond donors (Lipinski definition) is 1. The molecule has 4 rings (SSSR count). The first-order chi connectivity index (χ1) is 14.0. The number of rotatable bonds is 3.